The summed E-state index contributed by atoms with van der Waals surface area (Å²) in [7, 11) is 0. The zero-order chi connectivity index (χ0) is 15.1. The average molecular weight is 282 g/mol. The lowest BCUT2D eigenvalue weighted by molar-refractivity contribution is -0.140. The SMILES string of the molecule is CCC(C)C(NC(=O)NC(C)Cc1ccco1)C(=O)O. The van der Waals surface area contributed by atoms with Crippen molar-refractivity contribution in [1.29, 1.82) is 0 Å². The normalized spacial score (nSPS) is 15.2. The molecule has 0 spiro atoms. The van der Waals surface area contributed by atoms with E-state index in [1.807, 2.05) is 19.9 Å². The molecule has 0 aliphatic rings. The second-order valence-corrected chi connectivity index (χ2v) is 5.00. The van der Waals surface area contributed by atoms with E-state index in [1.165, 1.54) is 0 Å². The van der Waals surface area contributed by atoms with Crippen LogP contribution in [0.2, 0.25) is 0 Å². The number of carboxylic acids is 1. The zero-order valence-corrected chi connectivity index (χ0v) is 12.1. The number of amides is 2. The van der Waals surface area contributed by atoms with Crippen molar-refractivity contribution in [2.45, 2.75) is 45.7 Å². The maximum atomic E-state index is 11.8. The van der Waals surface area contributed by atoms with Gasteiger partial charge >= 0.3 is 12.0 Å². The highest BCUT2D eigenvalue weighted by atomic mass is 16.4. The van der Waals surface area contributed by atoms with Crippen LogP contribution in [0.3, 0.4) is 0 Å². The standard InChI is InChI=1S/C14H22N2O4/c1-4-9(2)12(13(17)18)16-14(19)15-10(3)8-11-6-5-7-20-11/h5-7,9-10,12H,4,8H2,1-3H3,(H,17,18)(H2,15,16,19). The molecular formula is C14H22N2O4. The molecule has 6 heteroatoms. The zero-order valence-electron chi connectivity index (χ0n) is 12.1. The van der Waals surface area contributed by atoms with E-state index >= 15 is 0 Å². The molecule has 0 radical (unpaired) electrons. The van der Waals surface area contributed by atoms with Crippen LogP contribution in [0.1, 0.15) is 33.0 Å². The summed E-state index contributed by atoms with van der Waals surface area (Å²) in [5, 5.41) is 14.3. The highest BCUT2D eigenvalue weighted by Gasteiger charge is 2.25. The van der Waals surface area contributed by atoms with Crippen LogP contribution >= 0.6 is 0 Å². The van der Waals surface area contributed by atoms with Crippen molar-refractivity contribution < 1.29 is 19.1 Å². The number of aliphatic carboxylic acids is 1. The van der Waals surface area contributed by atoms with Gasteiger partial charge in [0, 0.05) is 12.5 Å². The molecule has 0 aliphatic carbocycles. The molecule has 0 bridgehead atoms. The van der Waals surface area contributed by atoms with E-state index in [0.717, 1.165) is 5.76 Å². The fourth-order valence-electron chi connectivity index (χ4n) is 1.87. The summed E-state index contributed by atoms with van der Waals surface area (Å²) in [5.41, 5.74) is 0. The molecule has 0 aliphatic heterocycles. The maximum absolute atomic E-state index is 11.8. The van der Waals surface area contributed by atoms with Gasteiger partial charge in [-0.05, 0) is 25.0 Å². The molecule has 3 N–H and O–H groups in total. The number of nitrogens with one attached hydrogen (secondary N) is 2. The summed E-state index contributed by atoms with van der Waals surface area (Å²) in [6, 6.07) is 2.11. The first-order valence-corrected chi connectivity index (χ1v) is 6.76. The van der Waals surface area contributed by atoms with E-state index in [9.17, 15) is 9.59 Å². The molecule has 0 aromatic carbocycles. The first-order chi connectivity index (χ1) is 9.43. The third-order valence-corrected chi connectivity index (χ3v) is 3.23. The van der Waals surface area contributed by atoms with E-state index in [2.05, 4.69) is 10.6 Å². The van der Waals surface area contributed by atoms with Gasteiger partial charge in [-0.25, -0.2) is 9.59 Å². The van der Waals surface area contributed by atoms with Gasteiger partial charge < -0.3 is 20.2 Å². The van der Waals surface area contributed by atoms with Crippen LogP contribution in [0.25, 0.3) is 0 Å². The second kappa shape index (κ2) is 7.57. The first kappa shape index (κ1) is 16.1. The number of urea groups is 1. The van der Waals surface area contributed by atoms with E-state index in [-0.39, 0.29) is 12.0 Å². The van der Waals surface area contributed by atoms with Crippen LogP contribution in [-0.4, -0.2) is 29.2 Å². The Kier molecular flexibility index (Phi) is 6.09. The quantitative estimate of drug-likeness (QED) is 0.713. The molecule has 0 saturated heterocycles. The smallest absolute Gasteiger partial charge is 0.326 e. The van der Waals surface area contributed by atoms with Gasteiger partial charge in [-0.2, -0.15) is 0 Å². The molecule has 1 aromatic heterocycles. The van der Waals surface area contributed by atoms with Crippen LogP contribution in [0.4, 0.5) is 4.79 Å². The van der Waals surface area contributed by atoms with E-state index < -0.39 is 18.0 Å². The van der Waals surface area contributed by atoms with Crippen molar-refractivity contribution in [2.24, 2.45) is 5.92 Å². The molecule has 1 heterocycles. The van der Waals surface area contributed by atoms with Gasteiger partial charge in [0.25, 0.3) is 0 Å². The summed E-state index contributed by atoms with van der Waals surface area (Å²) >= 11 is 0. The summed E-state index contributed by atoms with van der Waals surface area (Å²) < 4.78 is 5.19. The molecule has 0 fully saturated rings. The van der Waals surface area contributed by atoms with Crippen molar-refractivity contribution in [2.75, 3.05) is 0 Å². The van der Waals surface area contributed by atoms with E-state index in [0.29, 0.717) is 12.8 Å². The fourth-order valence-corrected chi connectivity index (χ4v) is 1.87. The van der Waals surface area contributed by atoms with Gasteiger partial charge in [0.05, 0.1) is 6.26 Å². The lowest BCUT2D eigenvalue weighted by Crippen LogP contribution is -2.51. The van der Waals surface area contributed by atoms with E-state index in [1.54, 1.807) is 19.3 Å². The van der Waals surface area contributed by atoms with Crippen LogP contribution in [0.5, 0.6) is 0 Å². The molecule has 3 unspecified atom stereocenters. The molecule has 20 heavy (non-hydrogen) atoms. The van der Waals surface area contributed by atoms with Crippen LogP contribution in [0.15, 0.2) is 22.8 Å². The van der Waals surface area contributed by atoms with Gasteiger partial charge in [-0.3, -0.25) is 0 Å². The molecule has 6 nitrogen and oxygen atoms in total. The van der Waals surface area contributed by atoms with Crippen molar-refractivity contribution in [3.8, 4) is 0 Å². The number of rotatable bonds is 7. The highest BCUT2D eigenvalue weighted by Crippen LogP contribution is 2.08. The molecule has 2 amide bonds. The number of carbonyl (C=O) groups is 2. The van der Waals surface area contributed by atoms with E-state index in [4.69, 9.17) is 9.52 Å². The molecule has 1 rings (SSSR count). The second-order valence-electron chi connectivity index (χ2n) is 5.00. The summed E-state index contributed by atoms with van der Waals surface area (Å²) in [6.07, 6.45) is 2.81. The topological polar surface area (TPSA) is 91.6 Å². The largest absolute Gasteiger partial charge is 0.480 e. The van der Waals surface area contributed by atoms with Gasteiger partial charge in [0.1, 0.15) is 11.8 Å². The Morgan fingerprint density at radius 2 is 2.05 bits per heavy atom. The Balaban J connectivity index is 2.46. The number of furan rings is 1. The average Bonchev–Trinajstić information content (AvgIpc) is 2.87. The number of hydrogen-bond acceptors (Lipinski definition) is 3. The van der Waals surface area contributed by atoms with Gasteiger partial charge in [0.15, 0.2) is 0 Å². The Bertz CT molecular complexity index is 430. The van der Waals surface area contributed by atoms with Crippen LogP contribution in [-0.2, 0) is 11.2 Å². The summed E-state index contributed by atoms with van der Waals surface area (Å²) in [4.78, 5) is 22.9. The predicted octanol–water partition coefficient (Wildman–Crippen LogP) is 2.01. The van der Waals surface area contributed by atoms with Crippen molar-refractivity contribution in [3.63, 3.8) is 0 Å². The highest BCUT2D eigenvalue weighted by molar-refractivity contribution is 5.82. The lowest BCUT2D eigenvalue weighted by atomic mass is 9.99. The molecular weight excluding hydrogens is 260 g/mol. The monoisotopic (exact) mass is 282 g/mol. The van der Waals surface area contributed by atoms with Crippen molar-refractivity contribution >= 4 is 12.0 Å². The van der Waals surface area contributed by atoms with Crippen LogP contribution in [0, 0.1) is 5.92 Å². The Morgan fingerprint density at radius 3 is 2.55 bits per heavy atom. The third kappa shape index (κ3) is 4.95. The predicted molar refractivity (Wildman–Crippen MR) is 74.4 cm³/mol. The van der Waals surface area contributed by atoms with Crippen LogP contribution < -0.4 is 10.6 Å². The Morgan fingerprint density at radius 1 is 1.35 bits per heavy atom. The minimum atomic E-state index is -1.02. The Hall–Kier alpha value is -1.98. The lowest BCUT2D eigenvalue weighted by Gasteiger charge is -2.21. The third-order valence-electron chi connectivity index (χ3n) is 3.23. The fraction of sp³-hybridized carbons (Fsp3) is 0.571. The van der Waals surface area contributed by atoms with Crippen molar-refractivity contribution in [1.82, 2.24) is 10.6 Å². The number of carboxylic acid groups (broad SMARTS) is 1. The molecule has 112 valence electrons. The first-order valence-electron chi connectivity index (χ1n) is 6.76. The summed E-state index contributed by atoms with van der Waals surface area (Å²) in [6.45, 7) is 5.52. The maximum Gasteiger partial charge on any atom is 0.326 e. The summed E-state index contributed by atoms with van der Waals surface area (Å²) in [5.74, 6) is -0.374. The van der Waals surface area contributed by atoms with Gasteiger partial charge in [-0.15, -0.1) is 0 Å². The Labute approximate surface area is 118 Å². The van der Waals surface area contributed by atoms with Gasteiger partial charge in [-0.1, -0.05) is 20.3 Å². The molecule has 0 saturated carbocycles. The van der Waals surface area contributed by atoms with Crippen molar-refractivity contribution in [3.05, 3.63) is 24.2 Å². The van der Waals surface area contributed by atoms with Gasteiger partial charge in [0.2, 0.25) is 0 Å². The minimum absolute atomic E-state index is 0.126. The molecule has 1 aromatic rings. The minimum Gasteiger partial charge on any atom is -0.480 e. The number of hydrogen-bond donors (Lipinski definition) is 3. The molecule has 3 atom stereocenters. The number of carbonyl (C=O) groups excluding carboxylic acids is 1.